The number of guanidine groups is 1. The van der Waals surface area contributed by atoms with Gasteiger partial charge >= 0.3 is 6.18 Å². The van der Waals surface area contributed by atoms with Crippen LogP contribution in [0.2, 0.25) is 0 Å². The second-order valence-electron chi connectivity index (χ2n) is 6.00. The smallest absolute Gasteiger partial charge is 0.422 e. The third-order valence-electron chi connectivity index (χ3n) is 3.81. The quantitative estimate of drug-likeness (QED) is 0.378. The number of rotatable bonds is 8. The average molecular weight is 430 g/mol. The third-order valence-corrected chi connectivity index (χ3v) is 4.41. The molecule has 0 aliphatic carbocycles. The zero-order valence-electron chi connectivity index (χ0n) is 16.0. The molecule has 5 nitrogen and oxygen atoms in total. The van der Waals surface area contributed by atoms with Gasteiger partial charge in [0.15, 0.2) is 12.6 Å². The highest BCUT2D eigenvalue weighted by atomic mass is 32.2. The molecule has 0 spiro atoms. The standard InChI is InChI=1S/C19H22F4N4OS/c1-24-18(26-9-13-5-6-16(20)8-15(13)11-29-2)27-10-14-4-3-7-25-17(14)28-12-19(21,22)23/h3-8H,9-12H2,1-2H3,(H2,24,26,27). The Labute approximate surface area is 171 Å². The van der Waals surface area contributed by atoms with Crippen LogP contribution in [0.3, 0.4) is 0 Å². The van der Waals surface area contributed by atoms with Crippen LogP contribution in [-0.4, -0.2) is 37.0 Å². The van der Waals surface area contributed by atoms with E-state index in [0.29, 0.717) is 23.8 Å². The summed E-state index contributed by atoms with van der Waals surface area (Å²) in [6, 6.07) is 7.85. The lowest BCUT2D eigenvalue weighted by molar-refractivity contribution is -0.154. The monoisotopic (exact) mass is 430 g/mol. The second-order valence-corrected chi connectivity index (χ2v) is 6.86. The zero-order valence-corrected chi connectivity index (χ0v) is 16.8. The molecule has 158 valence electrons. The molecule has 1 aromatic heterocycles. The fourth-order valence-electron chi connectivity index (χ4n) is 2.47. The first-order valence-corrected chi connectivity index (χ1v) is 10.1. The number of aromatic nitrogens is 1. The van der Waals surface area contributed by atoms with Gasteiger partial charge < -0.3 is 15.4 Å². The molecule has 0 atom stereocenters. The average Bonchev–Trinajstić information content (AvgIpc) is 2.68. The molecule has 0 saturated carbocycles. The number of aliphatic imine (C=N–C) groups is 1. The Morgan fingerprint density at radius 1 is 1.14 bits per heavy atom. The summed E-state index contributed by atoms with van der Waals surface area (Å²) in [6.45, 7) is -0.825. The molecule has 0 aliphatic rings. The number of hydrogen-bond donors (Lipinski definition) is 2. The van der Waals surface area contributed by atoms with E-state index in [4.69, 9.17) is 4.74 Å². The predicted octanol–water partition coefficient (Wildman–Crippen LogP) is 3.89. The maximum absolute atomic E-state index is 13.5. The lowest BCUT2D eigenvalue weighted by Gasteiger charge is -2.16. The van der Waals surface area contributed by atoms with Crippen LogP contribution >= 0.6 is 11.8 Å². The molecule has 0 radical (unpaired) electrons. The van der Waals surface area contributed by atoms with Crippen LogP contribution in [0, 0.1) is 5.82 Å². The van der Waals surface area contributed by atoms with E-state index in [9.17, 15) is 17.6 Å². The van der Waals surface area contributed by atoms with E-state index >= 15 is 0 Å². The van der Waals surface area contributed by atoms with Crippen molar-refractivity contribution in [2.75, 3.05) is 19.9 Å². The van der Waals surface area contributed by atoms with Gasteiger partial charge in [-0.05, 0) is 35.6 Å². The summed E-state index contributed by atoms with van der Waals surface area (Å²) in [5, 5.41) is 6.13. The first-order chi connectivity index (χ1) is 13.8. The van der Waals surface area contributed by atoms with E-state index in [1.165, 1.54) is 18.3 Å². The van der Waals surface area contributed by atoms with Gasteiger partial charge in [0.25, 0.3) is 0 Å². The van der Waals surface area contributed by atoms with Crippen molar-refractivity contribution in [1.82, 2.24) is 15.6 Å². The minimum absolute atomic E-state index is 0.0893. The largest absolute Gasteiger partial charge is 0.468 e. The number of thioether (sulfide) groups is 1. The first kappa shape index (κ1) is 22.8. The summed E-state index contributed by atoms with van der Waals surface area (Å²) < 4.78 is 55.4. The van der Waals surface area contributed by atoms with Gasteiger partial charge in [-0.2, -0.15) is 24.9 Å². The Morgan fingerprint density at radius 2 is 1.86 bits per heavy atom. The van der Waals surface area contributed by atoms with E-state index < -0.39 is 12.8 Å². The molecule has 0 bridgehead atoms. The normalized spacial score (nSPS) is 12.0. The lowest BCUT2D eigenvalue weighted by Crippen LogP contribution is -2.36. The summed E-state index contributed by atoms with van der Waals surface area (Å²) in [5.41, 5.74) is 2.28. The number of nitrogens with one attached hydrogen (secondary N) is 2. The number of benzene rings is 1. The SMILES string of the molecule is CN=C(NCc1ccc(F)cc1CSC)NCc1cccnc1OCC(F)(F)F. The molecule has 10 heteroatoms. The molecule has 29 heavy (non-hydrogen) atoms. The van der Waals surface area contributed by atoms with Crippen molar-refractivity contribution in [3.05, 3.63) is 59.0 Å². The molecule has 2 rings (SSSR count). The summed E-state index contributed by atoms with van der Waals surface area (Å²) >= 11 is 1.59. The minimum atomic E-state index is -4.44. The summed E-state index contributed by atoms with van der Waals surface area (Å²) in [4.78, 5) is 7.96. The maximum Gasteiger partial charge on any atom is 0.422 e. The van der Waals surface area contributed by atoms with E-state index in [0.717, 1.165) is 11.1 Å². The van der Waals surface area contributed by atoms with E-state index in [-0.39, 0.29) is 18.2 Å². The molecule has 0 aliphatic heterocycles. The van der Waals surface area contributed by atoms with Gasteiger partial charge in [-0.15, -0.1) is 0 Å². The number of nitrogens with zero attached hydrogens (tertiary/aromatic N) is 2. The fourth-order valence-corrected chi connectivity index (χ4v) is 3.05. The Morgan fingerprint density at radius 3 is 2.52 bits per heavy atom. The summed E-state index contributed by atoms with van der Waals surface area (Å²) in [7, 11) is 1.58. The van der Waals surface area contributed by atoms with Crippen LogP contribution in [0.4, 0.5) is 17.6 Å². The Hall–Kier alpha value is -2.49. The number of ether oxygens (including phenoxy) is 1. The first-order valence-electron chi connectivity index (χ1n) is 8.66. The van der Waals surface area contributed by atoms with E-state index in [1.807, 2.05) is 6.26 Å². The number of hydrogen-bond acceptors (Lipinski definition) is 4. The van der Waals surface area contributed by atoms with Crippen molar-refractivity contribution in [3.63, 3.8) is 0 Å². The summed E-state index contributed by atoms with van der Waals surface area (Å²) in [6.07, 6.45) is -1.14. The molecule has 1 aromatic carbocycles. The van der Waals surface area contributed by atoms with Crippen LogP contribution in [-0.2, 0) is 18.8 Å². The summed E-state index contributed by atoms with van der Waals surface area (Å²) in [5.74, 6) is 0.739. The highest BCUT2D eigenvalue weighted by molar-refractivity contribution is 7.97. The van der Waals surface area contributed by atoms with Gasteiger partial charge in [-0.25, -0.2) is 9.37 Å². The van der Waals surface area contributed by atoms with Crippen LogP contribution in [0.1, 0.15) is 16.7 Å². The van der Waals surface area contributed by atoms with Crippen molar-refractivity contribution >= 4 is 17.7 Å². The molecular formula is C19H22F4N4OS. The molecule has 1 heterocycles. The third kappa shape index (κ3) is 7.80. The van der Waals surface area contributed by atoms with Crippen molar-refractivity contribution in [1.29, 1.82) is 0 Å². The predicted molar refractivity (Wildman–Crippen MR) is 106 cm³/mol. The van der Waals surface area contributed by atoms with Crippen molar-refractivity contribution < 1.29 is 22.3 Å². The van der Waals surface area contributed by atoms with Gasteiger partial charge in [-0.3, -0.25) is 4.99 Å². The molecule has 2 aromatic rings. The number of alkyl halides is 3. The number of halogens is 4. The minimum Gasteiger partial charge on any atom is -0.468 e. The maximum atomic E-state index is 13.5. The Bertz CT molecular complexity index is 830. The van der Waals surface area contributed by atoms with Gasteiger partial charge in [0.05, 0.1) is 0 Å². The van der Waals surface area contributed by atoms with Crippen LogP contribution < -0.4 is 15.4 Å². The van der Waals surface area contributed by atoms with E-state index in [2.05, 4.69) is 20.6 Å². The van der Waals surface area contributed by atoms with Gasteiger partial charge in [-0.1, -0.05) is 12.1 Å². The topological polar surface area (TPSA) is 58.5 Å². The van der Waals surface area contributed by atoms with Gasteiger partial charge in [0.1, 0.15) is 5.82 Å². The highest BCUT2D eigenvalue weighted by Crippen LogP contribution is 2.20. The van der Waals surface area contributed by atoms with Crippen LogP contribution in [0.15, 0.2) is 41.5 Å². The lowest BCUT2D eigenvalue weighted by atomic mass is 10.1. The van der Waals surface area contributed by atoms with Crippen LogP contribution in [0.5, 0.6) is 5.88 Å². The Kier molecular flexibility index (Phi) is 8.56. The van der Waals surface area contributed by atoms with E-state index in [1.54, 1.807) is 37.0 Å². The molecule has 0 unspecified atom stereocenters. The second kappa shape index (κ2) is 10.9. The zero-order chi connectivity index (χ0) is 21.3. The molecular weight excluding hydrogens is 408 g/mol. The molecule has 0 saturated heterocycles. The Balaban J connectivity index is 1.97. The van der Waals surface area contributed by atoms with Crippen molar-refractivity contribution in [2.24, 2.45) is 4.99 Å². The van der Waals surface area contributed by atoms with Gasteiger partial charge in [0.2, 0.25) is 5.88 Å². The van der Waals surface area contributed by atoms with Gasteiger partial charge in [0, 0.05) is 37.7 Å². The van der Waals surface area contributed by atoms with Crippen LogP contribution in [0.25, 0.3) is 0 Å². The van der Waals surface area contributed by atoms with Crippen molar-refractivity contribution in [2.45, 2.75) is 25.0 Å². The molecule has 2 N–H and O–H groups in total. The molecule has 0 fully saturated rings. The van der Waals surface area contributed by atoms with Crippen molar-refractivity contribution in [3.8, 4) is 5.88 Å². The number of pyridine rings is 1. The molecule has 0 amide bonds. The fraction of sp³-hybridized carbons (Fsp3) is 0.368. The highest BCUT2D eigenvalue weighted by Gasteiger charge is 2.29.